The number of benzene rings is 3. The number of aliphatic hydroxyl groups is 1. The molecule has 1 aliphatic carbocycles. The van der Waals surface area contributed by atoms with E-state index in [2.05, 4.69) is 91.0 Å². The molecular formula is C24H26OP+. The molecule has 1 saturated carbocycles. The topological polar surface area (TPSA) is 20.2 Å². The van der Waals surface area contributed by atoms with Crippen molar-refractivity contribution in [2.75, 3.05) is 0 Å². The van der Waals surface area contributed by atoms with Gasteiger partial charge in [0.2, 0.25) is 0 Å². The van der Waals surface area contributed by atoms with E-state index in [1.54, 1.807) is 0 Å². The normalized spacial score (nSPS) is 20.7. The molecule has 1 aliphatic rings. The molecule has 1 fully saturated rings. The summed E-state index contributed by atoms with van der Waals surface area (Å²) in [6.07, 6.45) is 4.11. The molecule has 0 radical (unpaired) electrons. The lowest BCUT2D eigenvalue weighted by atomic mass is 9.97. The van der Waals surface area contributed by atoms with Crippen LogP contribution in [-0.4, -0.2) is 16.9 Å². The number of rotatable bonds is 4. The molecule has 132 valence electrons. The predicted molar refractivity (Wildman–Crippen MR) is 113 cm³/mol. The average Bonchev–Trinajstić information content (AvgIpc) is 2.72. The molecule has 1 nitrogen and oxygen atoms in total. The summed E-state index contributed by atoms with van der Waals surface area (Å²) < 4.78 is 0. The van der Waals surface area contributed by atoms with E-state index in [9.17, 15) is 5.11 Å². The summed E-state index contributed by atoms with van der Waals surface area (Å²) in [5, 5.41) is 15.3. The zero-order valence-corrected chi connectivity index (χ0v) is 15.9. The quantitative estimate of drug-likeness (QED) is 0.688. The largest absolute Gasteiger partial charge is 0.389 e. The van der Waals surface area contributed by atoms with E-state index in [-0.39, 0.29) is 11.8 Å². The smallest absolute Gasteiger partial charge is 0.117 e. The Morgan fingerprint density at radius 2 is 0.962 bits per heavy atom. The van der Waals surface area contributed by atoms with Crippen LogP contribution < -0.4 is 15.9 Å². The third-order valence-electron chi connectivity index (χ3n) is 5.68. The maximum Gasteiger partial charge on any atom is 0.117 e. The highest BCUT2D eigenvalue weighted by Gasteiger charge is 2.55. The maximum atomic E-state index is 11.1. The van der Waals surface area contributed by atoms with Gasteiger partial charge in [-0.3, -0.25) is 0 Å². The van der Waals surface area contributed by atoms with Crippen LogP contribution in [0.3, 0.4) is 0 Å². The highest BCUT2D eigenvalue weighted by atomic mass is 31.2. The van der Waals surface area contributed by atoms with Crippen molar-refractivity contribution >= 4 is 23.2 Å². The summed E-state index contributed by atoms with van der Waals surface area (Å²) in [6, 6.07) is 32.8. The molecule has 0 spiro atoms. The van der Waals surface area contributed by atoms with Crippen molar-refractivity contribution in [1.82, 2.24) is 0 Å². The minimum atomic E-state index is -1.93. The first-order valence-corrected chi connectivity index (χ1v) is 11.4. The number of hydrogen-bond donors (Lipinski definition) is 1. The van der Waals surface area contributed by atoms with Crippen LogP contribution in [-0.2, 0) is 0 Å². The molecule has 2 unspecified atom stereocenters. The average molecular weight is 361 g/mol. The molecule has 2 atom stereocenters. The van der Waals surface area contributed by atoms with Gasteiger partial charge < -0.3 is 5.11 Å². The molecular weight excluding hydrogens is 335 g/mol. The SMILES string of the molecule is OC1CCCCC1[P+](c1ccccc1)(c1ccccc1)c1ccccc1. The van der Waals surface area contributed by atoms with Crippen LogP contribution in [0, 0.1) is 0 Å². The fourth-order valence-corrected chi connectivity index (χ4v) is 9.76. The third-order valence-corrected chi connectivity index (χ3v) is 10.6. The van der Waals surface area contributed by atoms with Crippen molar-refractivity contribution in [3.05, 3.63) is 91.0 Å². The van der Waals surface area contributed by atoms with Crippen molar-refractivity contribution in [3.8, 4) is 0 Å². The van der Waals surface area contributed by atoms with Gasteiger partial charge in [0.05, 0.1) is 6.10 Å². The zero-order chi connectivity index (χ0) is 17.8. The lowest BCUT2D eigenvalue weighted by Crippen LogP contribution is -2.45. The van der Waals surface area contributed by atoms with Crippen LogP contribution in [0.1, 0.15) is 25.7 Å². The molecule has 1 N–H and O–H groups in total. The Bertz CT molecular complexity index is 720. The molecule has 0 heterocycles. The Morgan fingerprint density at radius 3 is 1.35 bits per heavy atom. The summed E-state index contributed by atoms with van der Waals surface area (Å²) in [5.74, 6) is 0. The summed E-state index contributed by atoms with van der Waals surface area (Å²) in [4.78, 5) is 0. The minimum absolute atomic E-state index is 0.238. The van der Waals surface area contributed by atoms with Gasteiger partial charge in [0, 0.05) is 0 Å². The highest BCUT2D eigenvalue weighted by Crippen LogP contribution is 2.63. The molecule has 2 heteroatoms. The first-order chi connectivity index (χ1) is 12.8. The Balaban J connectivity index is 2.03. The molecule has 0 aromatic heterocycles. The van der Waals surface area contributed by atoms with Crippen LogP contribution in [0.2, 0.25) is 0 Å². The van der Waals surface area contributed by atoms with E-state index in [4.69, 9.17) is 0 Å². The number of hydrogen-bond acceptors (Lipinski definition) is 1. The van der Waals surface area contributed by atoms with Gasteiger partial charge in [-0.25, -0.2) is 0 Å². The van der Waals surface area contributed by atoms with E-state index in [1.807, 2.05) is 0 Å². The number of aliphatic hydroxyl groups excluding tert-OH is 1. The van der Waals surface area contributed by atoms with Gasteiger partial charge >= 0.3 is 0 Å². The molecule has 3 aromatic rings. The second-order valence-corrected chi connectivity index (χ2v) is 10.8. The summed E-state index contributed by atoms with van der Waals surface area (Å²) in [6.45, 7) is 0. The van der Waals surface area contributed by atoms with Crippen molar-refractivity contribution in [2.24, 2.45) is 0 Å². The first kappa shape index (κ1) is 17.5. The zero-order valence-electron chi connectivity index (χ0n) is 15.0. The highest BCUT2D eigenvalue weighted by molar-refractivity contribution is 7.96. The van der Waals surface area contributed by atoms with Crippen molar-refractivity contribution in [1.29, 1.82) is 0 Å². The van der Waals surface area contributed by atoms with Gasteiger partial charge in [-0.15, -0.1) is 0 Å². The van der Waals surface area contributed by atoms with Crippen molar-refractivity contribution < 1.29 is 5.11 Å². The van der Waals surface area contributed by atoms with E-state index in [1.165, 1.54) is 22.3 Å². The Hall–Kier alpha value is -1.95. The standard InChI is InChI=1S/C24H26OP/c25-23-18-10-11-19-24(23)26(20-12-4-1-5-13-20,21-14-6-2-7-15-21)22-16-8-3-9-17-22/h1-9,12-17,23-25H,10-11,18-19H2/q+1. The molecule has 26 heavy (non-hydrogen) atoms. The van der Waals surface area contributed by atoms with E-state index in [0.717, 1.165) is 19.3 Å². The third kappa shape index (κ3) is 3.00. The van der Waals surface area contributed by atoms with Crippen LogP contribution in [0.25, 0.3) is 0 Å². The van der Waals surface area contributed by atoms with Gasteiger partial charge in [-0.2, -0.15) is 0 Å². The van der Waals surface area contributed by atoms with Crippen LogP contribution >= 0.6 is 7.26 Å². The van der Waals surface area contributed by atoms with Gasteiger partial charge in [0.1, 0.15) is 28.8 Å². The Morgan fingerprint density at radius 1 is 0.577 bits per heavy atom. The Kier molecular flexibility index (Phi) is 5.20. The second kappa shape index (κ2) is 7.74. The molecule has 0 saturated heterocycles. The lowest BCUT2D eigenvalue weighted by Gasteiger charge is -2.39. The van der Waals surface area contributed by atoms with Crippen LogP contribution in [0.5, 0.6) is 0 Å². The van der Waals surface area contributed by atoms with Crippen molar-refractivity contribution in [2.45, 2.75) is 37.4 Å². The maximum absolute atomic E-state index is 11.1. The van der Waals surface area contributed by atoms with Gasteiger partial charge in [-0.1, -0.05) is 61.0 Å². The lowest BCUT2D eigenvalue weighted by molar-refractivity contribution is 0.135. The minimum Gasteiger partial charge on any atom is -0.389 e. The fourth-order valence-electron chi connectivity index (χ4n) is 4.55. The monoisotopic (exact) mass is 361 g/mol. The van der Waals surface area contributed by atoms with Crippen LogP contribution in [0.15, 0.2) is 91.0 Å². The van der Waals surface area contributed by atoms with Crippen molar-refractivity contribution in [3.63, 3.8) is 0 Å². The molecule has 0 bridgehead atoms. The summed E-state index contributed by atoms with van der Waals surface area (Å²) in [7, 11) is -1.93. The molecule has 0 aliphatic heterocycles. The van der Waals surface area contributed by atoms with Gasteiger partial charge in [0.15, 0.2) is 0 Å². The molecule has 0 amide bonds. The van der Waals surface area contributed by atoms with Gasteiger partial charge in [0.25, 0.3) is 0 Å². The van der Waals surface area contributed by atoms with Crippen LogP contribution in [0.4, 0.5) is 0 Å². The van der Waals surface area contributed by atoms with E-state index >= 15 is 0 Å². The summed E-state index contributed by atoms with van der Waals surface area (Å²) in [5.41, 5.74) is 0.281. The first-order valence-electron chi connectivity index (χ1n) is 9.57. The summed E-state index contributed by atoms with van der Waals surface area (Å²) >= 11 is 0. The predicted octanol–water partition coefficient (Wildman–Crippen LogP) is 4.28. The molecule has 4 rings (SSSR count). The Labute approximate surface area is 157 Å². The van der Waals surface area contributed by atoms with Gasteiger partial charge in [-0.05, 0) is 55.7 Å². The second-order valence-electron chi connectivity index (χ2n) is 7.15. The fraction of sp³-hybridized carbons (Fsp3) is 0.250. The molecule has 3 aromatic carbocycles. The van der Waals surface area contributed by atoms with E-state index < -0.39 is 7.26 Å². The van der Waals surface area contributed by atoms with E-state index in [0.29, 0.717) is 0 Å².